The topological polar surface area (TPSA) is 83.8 Å². The van der Waals surface area contributed by atoms with Gasteiger partial charge in [-0.25, -0.2) is 0 Å². The van der Waals surface area contributed by atoms with E-state index in [-0.39, 0.29) is 0 Å². The van der Waals surface area contributed by atoms with Gasteiger partial charge in [0, 0.05) is 32.5 Å². The van der Waals surface area contributed by atoms with E-state index in [0.717, 1.165) is 17.1 Å². The first kappa shape index (κ1) is 13.9. The Labute approximate surface area is 118 Å². The summed E-state index contributed by atoms with van der Waals surface area (Å²) in [5, 5.41) is 13.2. The van der Waals surface area contributed by atoms with Gasteiger partial charge < -0.3 is 10.6 Å². The quantitative estimate of drug-likeness (QED) is 0.892. The van der Waals surface area contributed by atoms with E-state index in [1.165, 1.54) is 0 Å². The largest absolute Gasteiger partial charge is 0.394 e. The van der Waals surface area contributed by atoms with E-state index < -0.39 is 0 Å². The Morgan fingerprint density at radius 1 is 1.50 bits per heavy atom. The number of nitrogens with two attached hydrogens (primary N) is 1. The zero-order valence-electron chi connectivity index (χ0n) is 11.7. The molecular weight excluding hydrogens is 252 g/mol. The lowest BCUT2D eigenvalue weighted by Crippen LogP contribution is -2.26. The Hall–Kier alpha value is -2.55. The number of hydrogen-bond donors (Lipinski definition) is 1. The second kappa shape index (κ2) is 6.06. The molecule has 0 radical (unpaired) electrons. The summed E-state index contributed by atoms with van der Waals surface area (Å²) in [6, 6.07) is 6.08. The van der Waals surface area contributed by atoms with Gasteiger partial charge in [-0.1, -0.05) is 6.07 Å². The summed E-state index contributed by atoms with van der Waals surface area (Å²) < 4.78 is 1.76. The van der Waals surface area contributed by atoms with E-state index >= 15 is 0 Å². The number of nitrogen functional groups attached to an aromatic ring is 1. The normalized spacial score (nSPS) is 10.2. The number of hydrogen-bond acceptors (Lipinski definition) is 5. The number of aryl methyl sites for hydroxylation is 2. The van der Waals surface area contributed by atoms with Gasteiger partial charge in [0.25, 0.3) is 0 Å². The third kappa shape index (κ3) is 2.88. The molecule has 2 N–H and O–H groups in total. The number of nitriles is 1. The third-order valence-corrected chi connectivity index (χ3v) is 3.13. The van der Waals surface area contributed by atoms with Crippen LogP contribution < -0.4 is 10.6 Å². The maximum atomic E-state index is 8.83. The lowest BCUT2D eigenvalue weighted by atomic mass is 10.2. The molecule has 2 rings (SSSR count). The van der Waals surface area contributed by atoms with Gasteiger partial charge in [-0.3, -0.25) is 9.67 Å². The Balaban J connectivity index is 2.30. The Morgan fingerprint density at radius 2 is 2.30 bits per heavy atom. The second-order valence-corrected chi connectivity index (χ2v) is 4.64. The van der Waals surface area contributed by atoms with Gasteiger partial charge in [-0.15, -0.1) is 0 Å². The van der Waals surface area contributed by atoms with E-state index in [0.29, 0.717) is 25.2 Å². The second-order valence-electron chi connectivity index (χ2n) is 4.64. The average molecular weight is 270 g/mol. The molecule has 104 valence electrons. The summed E-state index contributed by atoms with van der Waals surface area (Å²) in [6.07, 6.45) is 3.99. The van der Waals surface area contributed by atoms with Crippen molar-refractivity contribution in [3.63, 3.8) is 0 Å². The van der Waals surface area contributed by atoms with E-state index in [4.69, 9.17) is 11.0 Å². The van der Waals surface area contributed by atoms with Gasteiger partial charge in [-0.2, -0.15) is 10.4 Å². The summed E-state index contributed by atoms with van der Waals surface area (Å²) in [5.74, 6) is 0.849. The van der Waals surface area contributed by atoms with Crippen molar-refractivity contribution in [2.24, 2.45) is 7.05 Å². The van der Waals surface area contributed by atoms with E-state index in [9.17, 15) is 0 Å². The van der Waals surface area contributed by atoms with Gasteiger partial charge in [0.15, 0.2) is 5.82 Å². The fourth-order valence-electron chi connectivity index (χ4n) is 2.19. The summed E-state index contributed by atoms with van der Waals surface area (Å²) in [4.78, 5) is 6.18. The molecule has 2 aromatic heterocycles. The lowest BCUT2D eigenvalue weighted by Gasteiger charge is -2.24. The summed E-state index contributed by atoms with van der Waals surface area (Å²) >= 11 is 0. The van der Waals surface area contributed by atoms with Crippen molar-refractivity contribution >= 4 is 11.5 Å². The number of rotatable bonds is 5. The first-order valence-corrected chi connectivity index (χ1v) is 6.43. The first-order valence-electron chi connectivity index (χ1n) is 6.43. The van der Waals surface area contributed by atoms with Gasteiger partial charge in [0.05, 0.1) is 23.9 Å². The molecule has 0 aliphatic carbocycles. The fourth-order valence-corrected chi connectivity index (χ4v) is 2.19. The van der Waals surface area contributed by atoms with Crippen LogP contribution in [-0.4, -0.2) is 21.3 Å². The number of nitrogens with zero attached hydrogens (tertiary/aromatic N) is 5. The minimum atomic E-state index is 0.434. The smallest absolute Gasteiger partial charge is 0.150 e. The molecule has 0 unspecified atom stereocenters. The maximum Gasteiger partial charge on any atom is 0.150 e. The minimum absolute atomic E-state index is 0.434. The monoisotopic (exact) mass is 270 g/mol. The molecule has 0 aromatic carbocycles. The Bertz CT molecular complexity index is 611. The van der Waals surface area contributed by atoms with Crippen molar-refractivity contribution < 1.29 is 0 Å². The van der Waals surface area contributed by atoms with Gasteiger partial charge >= 0.3 is 0 Å². The van der Waals surface area contributed by atoms with Crippen LogP contribution in [0, 0.1) is 18.3 Å². The van der Waals surface area contributed by atoms with Crippen molar-refractivity contribution in [1.82, 2.24) is 14.8 Å². The van der Waals surface area contributed by atoms with Gasteiger partial charge in [0.1, 0.15) is 0 Å². The zero-order chi connectivity index (χ0) is 14.5. The van der Waals surface area contributed by atoms with Crippen LogP contribution in [0.3, 0.4) is 0 Å². The molecule has 20 heavy (non-hydrogen) atoms. The summed E-state index contributed by atoms with van der Waals surface area (Å²) in [7, 11) is 1.86. The highest BCUT2D eigenvalue weighted by molar-refractivity contribution is 5.66. The number of aromatic nitrogens is 3. The zero-order valence-corrected chi connectivity index (χ0v) is 11.7. The third-order valence-electron chi connectivity index (χ3n) is 3.13. The molecule has 0 saturated carbocycles. The average Bonchev–Trinajstić information content (AvgIpc) is 2.70. The van der Waals surface area contributed by atoms with Crippen LogP contribution in [0.1, 0.15) is 17.7 Å². The van der Waals surface area contributed by atoms with Crippen LogP contribution >= 0.6 is 0 Å². The molecule has 0 aliphatic heterocycles. The van der Waals surface area contributed by atoms with E-state index in [1.807, 2.05) is 32.3 Å². The maximum absolute atomic E-state index is 8.83. The molecule has 6 heteroatoms. The molecule has 0 amide bonds. The molecule has 0 fully saturated rings. The molecule has 6 nitrogen and oxygen atoms in total. The molecule has 2 aromatic rings. The van der Waals surface area contributed by atoms with Crippen LogP contribution in [0.25, 0.3) is 0 Å². The van der Waals surface area contributed by atoms with E-state index in [2.05, 4.69) is 21.1 Å². The van der Waals surface area contributed by atoms with Crippen molar-refractivity contribution in [3.8, 4) is 6.07 Å². The lowest BCUT2D eigenvalue weighted by molar-refractivity contribution is 0.695. The van der Waals surface area contributed by atoms with Crippen LogP contribution in [0.15, 0.2) is 24.5 Å². The summed E-state index contributed by atoms with van der Waals surface area (Å²) in [5.41, 5.74) is 8.64. The predicted octanol–water partition coefficient (Wildman–Crippen LogP) is 1.63. The molecule has 0 aliphatic rings. The Kier molecular flexibility index (Phi) is 4.20. The minimum Gasteiger partial charge on any atom is -0.394 e. The van der Waals surface area contributed by atoms with Crippen LogP contribution in [0.4, 0.5) is 11.5 Å². The van der Waals surface area contributed by atoms with Gasteiger partial charge in [0.2, 0.25) is 0 Å². The van der Waals surface area contributed by atoms with Crippen molar-refractivity contribution in [2.45, 2.75) is 19.9 Å². The molecule has 0 atom stereocenters. The highest BCUT2D eigenvalue weighted by atomic mass is 15.4. The molecule has 0 bridgehead atoms. The van der Waals surface area contributed by atoms with Gasteiger partial charge in [-0.05, 0) is 18.6 Å². The predicted molar refractivity (Wildman–Crippen MR) is 77.9 cm³/mol. The fraction of sp³-hybridized carbons (Fsp3) is 0.357. The summed E-state index contributed by atoms with van der Waals surface area (Å²) in [6.45, 7) is 3.14. The van der Waals surface area contributed by atoms with Crippen LogP contribution in [0.2, 0.25) is 0 Å². The SMILES string of the molecule is Cc1nn(C)c(N(CCC#N)Cc2cccnc2)c1N. The van der Waals surface area contributed by atoms with Crippen LogP contribution in [-0.2, 0) is 13.6 Å². The molecule has 0 spiro atoms. The molecule has 0 saturated heterocycles. The Morgan fingerprint density at radius 3 is 2.85 bits per heavy atom. The van der Waals surface area contributed by atoms with Crippen molar-refractivity contribution in [2.75, 3.05) is 17.2 Å². The van der Waals surface area contributed by atoms with Crippen molar-refractivity contribution in [1.29, 1.82) is 5.26 Å². The van der Waals surface area contributed by atoms with Crippen molar-refractivity contribution in [3.05, 3.63) is 35.8 Å². The number of anilines is 2. The first-order chi connectivity index (χ1) is 9.63. The highest BCUT2D eigenvalue weighted by Crippen LogP contribution is 2.27. The van der Waals surface area contributed by atoms with E-state index in [1.54, 1.807) is 10.9 Å². The van der Waals surface area contributed by atoms with Crippen LogP contribution in [0.5, 0.6) is 0 Å². The standard InChI is InChI=1S/C14H18N6/c1-11-13(16)14(19(2)18-11)20(8-4-6-15)10-12-5-3-7-17-9-12/h3,5,7,9H,4,8,10,16H2,1-2H3. The molecule has 2 heterocycles. The molecular formula is C14H18N6. The number of pyridine rings is 1. The highest BCUT2D eigenvalue weighted by Gasteiger charge is 2.17.